The van der Waals surface area contributed by atoms with Crippen molar-refractivity contribution in [1.82, 2.24) is 14.2 Å². The van der Waals surface area contributed by atoms with Crippen LogP contribution in [0.15, 0.2) is 59.6 Å². The van der Waals surface area contributed by atoms with Gasteiger partial charge in [0, 0.05) is 43.3 Å². The Morgan fingerprint density at radius 3 is 2.53 bits per heavy atom. The Balaban J connectivity index is 1.58. The lowest BCUT2D eigenvalue weighted by molar-refractivity contribution is 0.0764. The molecule has 0 atom stereocenters. The lowest BCUT2D eigenvalue weighted by Crippen LogP contribution is -2.37. The van der Waals surface area contributed by atoms with Crippen molar-refractivity contribution in [2.75, 3.05) is 26.2 Å². The third kappa shape index (κ3) is 3.95. The topological polar surface area (TPSA) is 70.6 Å². The van der Waals surface area contributed by atoms with Gasteiger partial charge in [-0.25, -0.2) is 8.42 Å². The first-order valence-corrected chi connectivity index (χ1v) is 11.5. The number of carbonyl (C=O) groups excluding carboxylic acids is 1. The van der Waals surface area contributed by atoms with E-state index >= 15 is 0 Å². The van der Waals surface area contributed by atoms with Gasteiger partial charge in [-0.2, -0.15) is 4.31 Å². The number of nitrogens with zero attached hydrogens (tertiary/aromatic N) is 3. The molecule has 30 heavy (non-hydrogen) atoms. The van der Waals surface area contributed by atoms with Crippen molar-refractivity contribution in [3.8, 4) is 0 Å². The number of aryl methyl sites for hydroxylation is 2. The minimum absolute atomic E-state index is 0.0553. The first-order valence-electron chi connectivity index (χ1n) is 10.1. The molecule has 0 N–H and O–H groups in total. The van der Waals surface area contributed by atoms with Crippen LogP contribution in [0.5, 0.6) is 0 Å². The van der Waals surface area contributed by atoms with Crippen LogP contribution in [0, 0.1) is 13.8 Å². The SMILES string of the molecule is Cc1cccc(C(=O)N2CCCN(S(=O)(=O)c3cccc4cc(C)cnc34)CC2)c1. The van der Waals surface area contributed by atoms with Crippen molar-refractivity contribution in [3.63, 3.8) is 0 Å². The number of rotatable bonds is 3. The fraction of sp³-hybridized carbons (Fsp3) is 0.304. The molecule has 3 aromatic rings. The van der Waals surface area contributed by atoms with Crippen molar-refractivity contribution in [2.24, 2.45) is 0 Å². The van der Waals surface area contributed by atoms with Crippen LogP contribution >= 0.6 is 0 Å². The summed E-state index contributed by atoms with van der Waals surface area (Å²) >= 11 is 0. The number of para-hydroxylation sites is 1. The Labute approximate surface area is 177 Å². The van der Waals surface area contributed by atoms with E-state index in [-0.39, 0.29) is 17.3 Å². The van der Waals surface area contributed by atoms with Crippen LogP contribution in [-0.4, -0.2) is 54.7 Å². The van der Waals surface area contributed by atoms with E-state index in [0.717, 1.165) is 16.5 Å². The number of hydrogen-bond acceptors (Lipinski definition) is 4. The molecule has 0 bridgehead atoms. The molecule has 0 radical (unpaired) electrons. The maximum absolute atomic E-state index is 13.4. The van der Waals surface area contributed by atoms with E-state index in [2.05, 4.69) is 4.98 Å². The highest BCUT2D eigenvalue weighted by Crippen LogP contribution is 2.26. The minimum Gasteiger partial charge on any atom is -0.337 e. The summed E-state index contributed by atoms with van der Waals surface area (Å²) in [5, 5.41) is 0.808. The quantitative estimate of drug-likeness (QED) is 0.647. The maximum atomic E-state index is 13.4. The second kappa shape index (κ2) is 8.16. The van der Waals surface area contributed by atoms with Gasteiger partial charge in [0.1, 0.15) is 4.90 Å². The van der Waals surface area contributed by atoms with Gasteiger partial charge in [0.25, 0.3) is 5.91 Å². The zero-order valence-electron chi connectivity index (χ0n) is 17.2. The molecule has 0 unspecified atom stereocenters. The van der Waals surface area contributed by atoms with E-state index < -0.39 is 10.0 Å². The van der Waals surface area contributed by atoms with Crippen LogP contribution in [0.4, 0.5) is 0 Å². The summed E-state index contributed by atoms with van der Waals surface area (Å²) in [5.74, 6) is -0.0553. The molecule has 1 fully saturated rings. The van der Waals surface area contributed by atoms with Gasteiger partial charge in [-0.15, -0.1) is 0 Å². The highest BCUT2D eigenvalue weighted by atomic mass is 32.2. The van der Waals surface area contributed by atoms with Gasteiger partial charge < -0.3 is 4.90 Å². The standard InChI is InChI=1S/C23H25N3O3S/c1-17-6-3-8-20(14-17)23(27)25-10-5-11-26(13-12-25)30(28,29)21-9-4-7-19-15-18(2)16-24-22(19)21/h3-4,6-9,14-16H,5,10-13H2,1-2H3. The molecular weight excluding hydrogens is 398 g/mol. The number of carbonyl (C=O) groups is 1. The third-order valence-corrected chi connectivity index (χ3v) is 7.37. The van der Waals surface area contributed by atoms with Gasteiger partial charge in [-0.3, -0.25) is 9.78 Å². The van der Waals surface area contributed by atoms with Crippen LogP contribution in [0.3, 0.4) is 0 Å². The molecule has 6 nitrogen and oxygen atoms in total. The molecule has 7 heteroatoms. The molecule has 1 saturated heterocycles. The molecule has 156 valence electrons. The predicted molar refractivity (Wildman–Crippen MR) is 117 cm³/mol. The fourth-order valence-corrected chi connectivity index (χ4v) is 5.52. The highest BCUT2D eigenvalue weighted by Gasteiger charge is 2.30. The molecular formula is C23H25N3O3S. The van der Waals surface area contributed by atoms with Crippen molar-refractivity contribution in [1.29, 1.82) is 0 Å². The summed E-state index contributed by atoms with van der Waals surface area (Å²) in [6, 6.07) is 14.7. The largest absolute Gasteiger partial charge is 0.337 e. The minimum atomic E-state index is -3.71. The van der Waals surface area contributed by atoms with Crippen LogP contribution in [-0.2, 0) is 10.0 Å². The van der Waals surface area contributed by atoms with Crippen molar-refractivity contribution in [2.45, 2.75) is 25.2 Å². The number of aromatic nitrogens is 1. The van der Waals surface area contributed by atoms with E-state index in [4.69, 9.17) is 0 Å². The molecule has 1 amide bonds. The van der Waals surface area contributed by atoms with E-state index in [1.165, 1.54) is 4.31 Å². The lowest BCUT2D eigenvalue weighted by Gasteiger charge is -2.22. The molecule has 4 rings (SSSR count). The Morgan fingerprint density at radius 2 is 1.73 bits per heavy atom. The number of pyridine rings is 1. The summed E-state index contributed by atoms with van der Waals surface area (Å²) in [6.07, 6.45) is 2.28. The number of benzene rings is 2. The van der Waals surface area contributed by atoms with E-state index in [1.54, 1.807) is 29.3 Å². The summed E-state index contributed by atoms with van der Waals surface area (Å²) in [6.45, 7) is 5.43. The van der Waals surface area contributed by atoms with Crippen molar-refractivity contribution >= 4 is 26.8 Å². The predicted octanol–water partition coefficient (Wildman–Crippen LogP) is 3.39. The van der Waals surface area contributed by atoms with Crippen molar-refractivity contribution < 1.29 is 13.2 Å². The van der Waals surface area contributed by atoms with Gasteiger partial charge in [0.2, 0.25) is 10.0 Å². The van der Waals surface area contributed by atoms with Gasteiger partial charge in [-0.05, 0) is 50.1 Å². The molecule has 1 aromatic heterocycles. The zero-order chi connectivity index (χ0) is 21.3. The molecule has 0 aliphatic carbocycles. The smallest absolute Gasteiger partial charge is 0.253 e. The lowest BCUT2D eigenvalue weighted by atomic mass is 10.1. The third-order valence-electron chi connectivity index (χ3n) is 5.44. The average molecular weight is 424 g/mol. The first kappa shape index (κ1) is 20.5. The van der Waals surface area contributed by atoms with Crippen LogP contribution in [0.25, 0.3) is 10.9 Å². The van der Waals surface area contributed by atoms with Gasteiger partial charge in [0.05, 0.1) is 5.52 Å². The Kier molecular flexibility index (Phi) is 5.58. The van der Waals surface area contributed by atoms with Crippen molar-refractivity contribution in [3.05, 3.63) is 71.4 Å². The Hall–Kier alpha value is -2.77. The highest BCUT2D eigenvalue weighted by molar-refractivity contribution is 7.89. The summed E-state index contributed by atoms with van der Waals surface area (Å²) in [4.78, 5) is 19.2. The Morgan fingerprint density at radius 1 is 0.933 bits per heavy atom. The summed E-state index contributed by atoms with van der Waals surface area (Å²) in [7, 11) is -3.71. The molecule has 1 aliphatic heterocycles. The number of hydrogen-bond donors (Lipinski definition) is 0. The number of fused-ring (bicyclic) bond motifs is 1. The van der Waals surface area contributed by atoms with Gasteiger partial charge in [-0.1, -0.05) is 29.8 Å². The van der Waals surface area contributed by atoms with E-state index in [0.29, 0.717) is 37.1 Å². The Bertz CT molecular complexity index is 1210. The van der Waals surface area contributed by atoms with Crippen LogP contribution in [0.1, 0.15) is 27.9 Å². The average Bonchev–Trinajstić information content (AvgIpc) is 2.99. The molecule has 0 saturated carbocycles. The van der Waals surface area contributed by atoms with E-state index in [1.807, 2.05) is 44.2 Å². The summed E-state index contributed by atoms with van der Waals surface area (Å²) in [5.41, 5.74) is 3.13. The number of amides is 1. The summed E-state index contributed by atoms with van der Waals surface area (Å²) < 4.78 is 28.3. The molecule has 1 aliphatic rings. The molecule has 0 spiro atoms. The number of sulfonamides is 1. The fourth-order valence-electron chi connectivity index (χ4n) is 3.89. The maximum Gasteiger partial charge on any atom is 0.253 e. The second-order valence-electron chi connectivity index (χ2n) is 7.76. The molecule has 2 heterocycles. The normalized spacial score (nSPS) is 15.9. The van der Waals surface area contributed by atoms with Gasteiger partial charge >= 0.3 is 0 Å². The zero-order valence-corrected chi connectivity index (χ0v) is 18.0. The monoisotopic (exact) mass is 423 g/mol. The molecule has 2 aromatic carbocycles. The van der Waals surface area contributed by atoms with Gasteiger partial charge in [0.15, 0.2) is 0 Å². The van der Waals surface area contributed by atoms with Crippen LogP contribution < -0.4 is 0 Å². The van der Waals surface area contributed by atoms with Crippen LogP contribution in [0.2, 0.25) is 0 Å². The second-order valence-corrected chi connectivity index (χ2v) is 9.67. The first-order chi connectivity index (χ1) is 14.4. The van der Waals surface area contributed by atoms with E-state index in [9.17, 15) is 13.2 Å².